The predicted molar refractivity (Wildman–Crippen MR) is 115 cm³/mol. The molecule has 0 amide bonds. The van der Waals surface area contributed by atoms with E-state index in [-0.39, 0.29) is 24.3 Å². The van der Waals surface area contributed by atoms with Gasteiger partial charge >= 0.3 is 6.18 Å². The predicted octanol–water partition coefficient (Wildman–Crippen LogP) is 4.95. The summed E-state index contributed by atoms with van der Waals surface area (Å²) >= 11 is 0. The summed E-state index contributed by atoms with van der Waals surface area (Å²) in [6.07, 6.45) is -0.904. The Morgan fingerprint density at radius 3 is 2.58 bits per heavy atom. The fourth-order valence-electron chi connectivity index (χ4n) is 3.74. The van der Waals surface area contributed by atoms with Crippen LogP contribution in [0.3, 0.4) is 0 Å². The largest absolute Gasteiger partial charge is 0.462 e. The van der Waals surface area contributed by atoms with E-state index in [1.54, 1.807) is 12.1 Å². The summed E-state index contributed by atoms with van der Waals surface area (Å²) in [6, 6.07) is 8.80. The lowest BCUT2D eigenvalue weighted by molar-refractivity contribution is -0.139. The van der Waals surface area contributed by atoms with Crippen molar-refractivity contribution < 1.29 is 26.0 Å². The number of hydrogen-bond donors (Lipinski definition) is 2. The Morgan fingerprint density at radius 1 is 1.13 bits per heavy atom. The molecule has 1 aromatic heterocycles. The lowest BCUT2D eigenvalue weighted by Crippen LogP contribution is -2.45. The summed E-state index contributed by atoms with van der Waals surface area (Å²) in [5, 5.41) is 0.618. The first-order valence-electron chi connectivity index (χ1n) is 9.39. The van der Waals surface area contributed by atoms with Crippen molar-refractivity contribution in [1.29, 1.82) is 0 Å². The Hall–Kier alpha value is -2.43. The molecule has 6 nitrogen and oxygen atoms in total. The molecular weight excluding hydrogens is 455 g/mol. The quantitative estimate of drug-likeness (QED) is 0.557. The second-order valence-electron chi connectivity index (χ2n) is 7.19. The van der Waals surface area contributed by atoms with Gasteiger partial charge in [0.15, 0.2) is 5.58 Å². The molecule has 2 aromatic carbocycles. The molecule has 0 saturated carbocycles. The molecule has 11 heteroatoms. The van der Waals surface area contributed by atoms with Gasteiger partial charge < -0.3 is 15.1 Å². The summed E-state index contributed by atoms with van der Waals surface area (Å²) in [4.78, 5) is 1.09. The second kappa shape index (κ2) is 8.60. The molecule has 3 aromatic rings. The van der Waals surface area contributed by atoms with Crippen molar-refractivity contribution in [3.05, 3.63) is 54.3 Å². The number of fused-ring (bicyclic) bond motifs is 1. The molecule has 4 rings (SSSR count). The lowest BCUT2D eigenvalue weighted by atomic mass is 10.1. The summed E-state index contributed by atoms with van der Waals surface area (Å²) in [6.45, 7) is 0.671. The summed E-state index contributed by atoms with van der Waals surface area (Å²) in [7, 11) is -4.49. The van der Waals surface area contributed by atoms with Crippen LogP contribution in [0.1, 0.15) is 24.8 Å². The smallest absolute Gasteiger partial charge is 0.417 e. The number of hydrogen-bond acceptors (Lipinski definition) is 5. The zero-order valence-electron chi connectivity index (χ0n) is 16.2. The van der Waals surface area contributed by atoms with Gasteiger partial charge in [0.05, 0.1) is 34.3 Å². The minimum absolute atomic E-state index is 0. The van der Waals surface area contributed by atoms with E-state index in [2.05, 4.69) is 4.72 Å². The molecule has 0 radical (unpaired) electrons. The molecule has 2 heterocycles. The monoisotopic (exact) mass is 475 g/mol. The zero-order valence-corrected chi connectivity index (χ0v) is 17.9. The molecular formula is C20H21ClF3N3O3S. The number of furan rings is 1. The number of anilines is 2. The number of halogens is 4. The average molecular weight is 476 g/mol. The van der Waals surface area contributed by atoms with Crippen LogP contribution in [0, 0.1) is 0 Å². The molecule has 1 aliphatic heterocycles. The Kier molecular flexibility index (Phi) is 6.45. The molecule has 0 bridgehead atoms. The van der Waals surface area contributed by atoms with Gasteiger partial charge in [0.1, 0.15) is 0 Å². The van der Waals surface area contributed by atoms with Crippen molar-refractivity contribution >= 4 is 44.8 Å². The first-order valence-corrected chi connectivity index (χ1v) is 10.9. The minimum atomic E-state index is -4.80. The maximum absolute atomic E-state index is 13.3. The highest BCUT2D eigenvalue weighted by Gasteiger charge is 2.37. The van der Waals surface area contributed by atoms with Crippen molar-refractivity contribution in [3.63, 3.8) is 0 Å². The van der Waals surface area contributed by atoms with Crippen molar-refractivity contribution in [3.8, 4) is 0 Å². The lowest BCUT2D eigenvalue weighted by Gasteiger charge is -2.35. The molecule has 0 spiro atoms. The fourth-order valence-corrected chi connectivity index (χ4v) is 5.01. The zero-order chi connectivity index (χ0) is 21.5. The number of piperidine rings is 1. The van der Waals surface area contributed by atoms with Gasteiger partial charge in [-0.1, -0.05) is 12.1 Å². The van der Waals surface area contributed by atoms with Crippen molar-refractivity contribution in [2.75, 3.05) is 16.2 Å². The van der Waals surface area contributed by atoms with Crippen LogP contribution in [0.4, 0.5) is 24.5 Å². The van der Waals surface area contributed by atoms with E-state index in [9.17, 15) is 21.6 Å². The minimum Gasteiger partial charge on any atom is -0.462 e. The second-order valence-corrected chi connectivity index (χ2v) is 8.84. The maximum atomic E-state index is 13.3. The van der Waals surface area contributed by atoms with Gasteiger partial charge in [-0.25, -0.2) is 8.42 Å². The number of sulfonamides is 1. The van der Waals surface area contributed by atoms with Crippen LogP contribution in [0.2, 0.25) is 0 Å². The highest BCUT2D eigenvalue weighted by molar-refractivity contribution is 7.92. The SMILES string of the molecule is Cl.NC1CCCCN1c1cc(NS(=O)(=O)c2ccccc2C(F)(F)F)cc2ccoc12. The topological polar surface area (TPSA) is 88.6 Å². The summed E-state index contributed by atoms with van der Waals surface area (Å²) < 4.78 is 73.4. The van der Waals surface area contributed by atoms with E-state index in [4.69, 9.17) is 10.2 Å². The van der Waals surface area contributed by atoms with Gasteiger partial charge in [0.25, 0.3) is 10.0 Å². The molecule has 168 valence electrons. The highest BCUT2D eigenvalue weighted by Crippen LogP contribution is 2.37. The van der Waals surface area contributed by atoms with E-state index in [1.807, 2.05) is 4.90 Å². The third-order valence-corrected chi connectivity index (χ3v) is 6.56. The standard InChI is InChI=1S/C20H20F3N3O3S.ClH/c21-20(22,23)15-5-1-2-6-17(15)30(27,28)25-14-11-13-8-10-29-19(13)16(12-14)26-9-4-3-7-18(26)24;/h1-2,5-6,8,10-12,18,25H,3-4,7,9,24H2;1H. The van der Waals surface area contributed by atoms with Gasteiger partial charge in [-0.2, -0.15) is 13.2 Å². The van der Waals surface area contributed by atoms with Gasteiger partial charge in [-0.15, -0.1) is 12.4 Å². The Balaban J connectivity index is 0.00000272. The summed E-state index contributed by atoms with van der Waals surface area (Å²) in [5.74, 6) is 0. The van der Waals surface area contributed by atoms with Crippen LogP contribution in [-0.2, 0) is 16.2 Å². The normalized spacial score (nSPS) is 17.4. The summed E-state index contributed by atoms with van der Waals surface area (Å²) in [5.41, 5.74) is 6.29. The fraction of sp³-hybridized carbons (Fsp3) is 0.300. The Bertz CT molecular complexity index is 1180. The van der Waals surface area contributed by atoms with Crippen LogP contribution in [0.5, 0.6) is 0 Å². The van der Waals surface area contributed by atoms with Gasteiger partial charge in [0, 0.05) is 11.9 Å². The van der Waals surface area contributed by atoms with Crippen molar-refractivity contribution in [2.45, 2.75) is 36.5 Å². The van der Waals surface area contributed by atoms with Gasteiger partial charge in [-0.3, -0.25) is 4.72 Å². The third-order valence-electron chi connectivity index (χ3n) is 5.12. The maximum Gasteiger partial charge on any atom is 0.417 e. The van der Waals surface area contributed by atoms with Gasteiger partial charge in [-0.05, 0) is 49.6 Å². The molecule has 1 atom stereocenters. The first kappa shape index (κ1) is 23.2. The number of alkyl halides is 3. The molecule has 1 unspecified atom stereocenters. The molecule has 3 N–H and O–H groups in total. The highest BCUT2D eigenvalue weighted by atomic mass is 35.5. The molecule has 1 aliphatic rings. The molecule has 31 heavy (non-hydrogen) atoms. The molecule has 0 aliphatic carbocycles. The number of nitrogens with two attached hydrogens (primary N) is 1. The number of nitrogens with one attached hydrogen (secondary N) is 1. The number of nitrogens with zero attached hydrogens (tertiary/aromatic N) is 1. The van der Waals surface area contributed by atoms with E-state index >= 15 is 0 Å². The van der Waals surface area contributed by atoms with Crippen molar-refractivity contribution in [1.82, 2.24) is 0 Å². The molecule has 1 saturated heterocycles. The molecule has 1 fully saturated rings. The van der Waals surface area contributed by atoms with Crippen LogP contribution < -0.4 is 15.4 Å². The van der Waals surface area contributed by atoms with Crippen LogP contribution in [-0.4, -0.2) is 21.1 Å². The van der Waals surface area contributed by atoms with Crippen LogP contribution in [0.15, 0.2) is 58.0 Å². The van der Waals surface area contributed by atoms with Crippen LogP contribution >= 0.6 is 12.4 Å². The number of benzene rings is 2. The third kappa shape index (κ3) is 4.60. The van der Waals surface area contributed by atoms with E-state index in [0.717, 1.165) is 37.5 Å². The Morgan fingerprint density at radius 2 is 1.87 bits per heavy atom. The van der Waals surface area contributed by atoms with E-state index < -0.39 is 26.7 Å². The van der Waals surface area contributed by atoms with Gasteiger partial charge in [0.2, 0.25) is 0 Å². The number of rotatable bonds is 4. The van der Waals surface area contributed by atoms with Crippen molar-refractivity contribution in [2.24, 2.45) is 5.73 Å². The van der Waals surface area contributed by atoms with E-state index in [1.165, 1.54) is 18.4 Å². The average Bonchev–Trinajstić information content (AvgIpc) is 3.15. The van der Waals surface area contributed by atoms with Crippen LogP contribution in [0.25, 0.3) is 11.0 Å². The first-order chi connectivity index (χ1) is 14.2. The Labute approximate surface area is 183 Å². The van der Waals surface area contributed by atoms with E-state index in [0.29, 0.717) is 23.2 Å².